The Balaban J connectivity index is 1.77. The van der Waals surface area contributed by atoms with Crippen LogP contribution in [0.3, 0.4) is 0 Å². The Hall–Kier alpha value is -3.59. The number of urea groups is 1. The molecular formula is C26H30FN3O4S. The maximum absolute atomic E-state index is 13.4. The molecule has 0 saturated heterocycles. The first-order valence-electron chi connectivity index (χ1n) is 11.1. The maximum Gasteiger partial charge on any atom is 0.322 e. The molecule has 0 aliphatic heterocycles. The number of nitrogens with one attached hydrogen (secondary N) is 1. The Morgan fingerprint density at radius 3 is 2.37 bits per heavy atom. The topological polar surface area (TPSA) is 71.1 Å². The van der Waals surface area contributed by atoms with Gasteiger partial charge in [0, 0.05) is 23.5 Å². The first-order chi connectivity index (χ1) is 16.8. The van der Waals surface area contributed by atoms with Crippen LogP contribution in [0, 0.1) is 5.82 Å². The lowest BCUT2D eigenvalue weighted by atomic mass is 10.2. The summed E-state index contributed by atoms with van der Waals surface area (Å²) >= 11 is 1.55. The minimum Gasteiger partial charge on any atom is -0.497 e. The molecule has 2 aromatic carbocycles. The van der Waals surface area contributed by atoms with Crippen molar-refractivity contribution in [1.29, 1.82) is 0 Å². The number of carbonyl (C=O) groups excluding carboxylic acids is 2. The second-order valence-corrected chi connectivity index (χ2v) is 9.21. The smallest absolute Gasteiger partial charge is 0.322 e. The molecule has 0 aliphatic rings. The van der Waals surface area contributed by atoms with Gasteiger partial charge in [0.2, 0.25) is 5.91 Å². The van der Waals surface area contributed by atoms with E-state index in [1.807, 2.05) is 31.4 Å². The molecule has 186 valence electrons. The van der Waals surface area contributed by atoms with Crippen LogP contribution in [0.2, 0.25) is 0 Å². The lowest BCUT2D eigenvalue weighted by Crippen LogP contribution is -2.47. The summed E-state index contributed by atoms with van der Waals surface area (Å²) in [6.07, 6.45) is 0. The van der Waals surface area contributed by atoms with Crippen molar-refractivity contribution in [2.45, 2.75) is 33.0 Å². The minimum absolute atomic E-state index is 0.117. The van der Waals surface area contributed by atoms with E-state index >= 15 is 0 Å². The summed E-state index contributed by atoms with van der Waals surface area (Å²) in [5, 5.41) is 4.79. The summed E-state index contributed by atoms with van der Waals surface area (Å²) in [6, 6.07) is 14.4. The van der Waals surface area contributed by atoms with Crippen molar-refractivity contribution >= 4 is 29.0 Å². The number of hydrogen-bond acceptors (Lipinski definition) is 5. The molecule has 0 bridgehead atoms. The fourth-order valence-electron chi connectivity index (χ4n) is 3.46. The first-order valence-corrected chi connectivity index (χ1v) is 12.0. The molecule has 0 radical (unpaired) electrons. The SMILES string of the molecule is COc1ccc(NC(=O)N(CC(=O)N(Cc2ccc(F)cc2)Cc2cccs2)C(C)C)c(OC)c1. The lowest BCUT2D eigenvalue weighted by Gasteiger charge is -2.30. The van der Waals surface area contributed by atoms with Crippen molar-refractivity contribution in [3.05, 3.63) is 76.2 Å². The molecular weight excluding hydrogens is 469 g/mol. The average molecular weight is 500 g/mol. The van der Waals surface area contributed by atoms with Gasteiger partial charge in [0.15, 0.2) is 0 Å². The standard InChI is InChI=1S/C26H30FN3O4S/c1-18(2)30(26(32)28-23-12-11-21(33-3)14-24(23)34-4)17-25(31)29(16-22-6-5-13-35-22)15-19-7-9-20(27)10-8-19/h5-14,18H,15-17H2,1-4H3,(H,28,32). The number of methoxy groups -OCH3 is 2. The van der Waals surface area contributed by atoms with E-state index in [9.17, 15) is 14.0 Å². The Morgan fingerprint density at radius 1 is 1.03 bits per heavy atom. The summed E-state index contributed by atoms with van der Waals surface area (Å²) in [5.74, 6) is 0.499. The second kappa shape index (κ2) is 12.2. The van der Waals surface area contributed by atoms with Crippen molar-refractivity contribution in [3.8, 4) is 11.5 Å². The fourth-order valence-corrected chi connectivity index (χ4v) is 4.18. The molecule has 0 aliphatic carbocycles. The monoisotopic (exact) mass is 499 g/mol. The van der Waals surface area contributed by atoms with Gasteiger partial charge in [-0.05, 0) is 55.1 Å². The Kier molecular flexibility index (Phi) is 9.08. The number of amides is 3. The van der Waals surface area contributed by atoms with Gasteiger partial charge < -0.3 is 24.6 Å². The van der Waals surface area contributed by atoms with E-state index in [-0.39, 0.29) is 24.3 Å². The highest BCUT2D eigenvalue weighted by Gasteiger charge is 2.25. The molecule has 9 heteroatoms. The molecule has 3 amide bonds. The van der Waals surface area contributed by atoms with E-state index in [0.717, 1.165) is 10.4 Å². The van der Waals surface area contributed by atoms with Gasteiger partial charge in [0.1, 0.15) is 23.9 Å². The first kappa shape index (κ1) is 26.0. The predicted octanol–water partition coefficient (Wildman–Crippen LogP) is 5.38. The van der Waals surface area contributed by atoms with E-state index in [4.69, 9.17) is 9.47 Å². The molecule has 0 saturated carbocycles. The molecule has 0 fully saturated rings. The quantitative estimate of drug-likeness (QED) is 0.407. The van der Waals surface area contributed by atoms with Gasteiger partial charge in [-0.25, -0.2) is 9.18 Å². The van der Waals surface area contributed by atoms with Crippen LogP contribution < -0.4 is 14.8 Å². The molecule has 7 nitrogen and oxygen atoms in total. The number of rotatable bonds is 10. The fraction of sp³-hybridized carbons (Fsp3) is 0.308. The molecule has 3 rings (SSSR count). The van der Waals surface area contributed by atoms with Gasteiger partial charge in [-0.1, -0.05) is 18.2 Å². The van der Waals surface area contributed by atoms with Crippen LogP contribution in [0.5, 0.6) is 11.5 Å². The number of halogens is 1. The van der Waals surface area contributed by atoms with Gasteiger partial charge in [-0.15, -0.1) is 11.3 Å². The Morgan fingerprint density at radius 2 is 1.77 bits per heavy atom. The van der Waals surface area contributed by atoms with Gasteiger partial charge in [-0.3, -0.25) is 4.79 Å². The molecule has 1 heterocycles. The normalized spacial score (nSPS) is 10.7. The van der Waals surface area contributed by atoms with Crippen LogP contribution in [-0.2, 0) is 17.9 Å². The van der Waals surface area contributed by atoms with Gasteiger partial charge in [0.25, 0.3) is 0 Å². The van der Waals surface area contributed by atoms with E-state index in [1.54, 1.807) is 53.7 Å². The van der Waals surface area contributed by atoms with E-state index in [1.165, 1.54) is 24.1 Å². The van der Waals surface area contributed by atoms with E-state index < -0.39 is 6.03 Å². The molecule has 35 heavy (non-hydrogen) atoms. The van der Waals surface area contributed by atoms with Crippen molar-refractivity contribution in [2.24, 2.45) is 0 Å². The zero-order valence-corrected chi connectivity index (χ0v) is 21.1. The van der Waals surface area contributed by atoms with Crippen LogP contribution >= 0.6 is 11.3 Å². The largest absolute Gasteiger partial charge is 0.497 e. The molecule has 1 N–H and O–H groups in total. The molecule has 3 aromatic rings. The van der Waals surface area contributed by atoms with Gasteiger partial charge >= 0.3 is 6.03 Å². The van der Waals surface area contributed by atoms with Crippen molar-refractivity contribution < 1.29 is 23.5 Å². The minimum atomic E-state index is -0.422. The molecule has 0 spiro atoms. The van der Waals surface area contributed by atoms with Crippen molar-refractivity contribution in [2.75, 3.05) is 26.1 Å². The third-order valence-electron chi connectivity index (χ3n) is 5.41. The highest BCUT2D eigenvalue weighted by molar-refractivity contribution is 7.09. The Bertz CT molecular complexity index is 1120. The van der Waals surface area contributed by atoms with Crippen LogP contribution in [0.25, 0.3) is 0 Å². The summed E-state index contributed by atoms with van der Waals surface area (Å²) in [7, 11) is 3.05. The number of thiophene rings is 1. The number of nitrogens with zero attached hydrogens (tertiary/aromatic N) is 2. The number of ether oxygens (including phenoxy) is 2. The second-order valence-electron chi connectivity index (χ2n) is 8.17. The molecule has 0 unspecified atom stereocenters. The van der Waals surface area contributed by atoms with Crippen molar-refractivity contribution in [3.63, 3.8) is 0 Å². The summed E-state index contributed by atoms with van der Waals surface area (Å²) < 4.78 is 23.9. The molecule has 1 aromatic heterocycles. The van der Waals surface area contributed by atoms with Crippen LogP contribution in [0.15, 0.2) is 60.0 Å². The summed E-state index contributed by atoms with van der Waals surface area (Å²) in [5.41, 5.74) is 1.28. The zero-order chi connectivity index (χ0) is 25.4. The number of carbonyl (C=O) groups is 2. The van der Waals surface area contributed by atoms with E-state index in [2.05, 4.69) is 5.32 Å². The van der Waals surface area contributed by atoms with Gasteiger partial charge in [-0.2, -0.15) is 0 Å². The van der Waals surface area contributed by atoms with Gasteiger partial charge in [0.05, 0.1) is 26.5 Å². The highest BCUT2D eigenvalue weighted by Crippen LogP contribution is 2.29. The zero-order valence-electron chi connectivity index (χ0n) is 20.3. The van der Waals surface area contributed by atoms with Crippen LogP contribution in [-0.4, -0.2) is 48.5 Å². The number of anilines is 1. The Labute approximate surface area is 209 Å². The number of benzene rings is 2. The summed E-state index contributed by atoms with van der Waals surface area (Å²) in [4.78, 5) is 30.7. The van der Waals surface area contributed by atoms with Crippen LogP contribution in [0.1, 0.15) is 24.3 Å². The summed E-state index contributed by atoms with van der Waals surface area (Å²) in [6.45, 7) is 4.28. The lowest BCUT2D eigenvalue weighted by molar-refractivity contribution is -0.133. The highest BCUT2D eigenvalue weighted by atomic mass is 32.1. The maximum atomic E-state index is 13.4. The van der Waals surface area contributed by atoms with Crippen molar-refractivity contribution in [1.82, 2.24) is 9.80 Å². The molecule has 0 atom stereocenters. The number of hydrogen-bond donors (Lipinski definition) is 1. The predicted molar refractivity (Wildman–Crippen MR) is 135 cm³/mol. The average Bonchev–Trinajstić information content (AvgIpc) is 3.36. The third kappa shape index (κ3) is 7.19. The van der Waals surface area contributed by atoms with E-state index in [0.29, 0.717) is 30.3 Å². The third-order valence-corrected chi connectivity index (χ3v) is 6.27. The van der Waals surface area contributed by atoms with Crippen LogP contribution in [0.4, 0.5) is 14.9 Å².